The molecule has 0 radical (unpaired) electrons. The lowest BCUT2D eigenvalue weighted by atomic mass is 9.73. The van der Waals surface area contributed by atoms with Crippen LogP contribution < -0.4 is 9.47 Å². The first-order valence-corrected chi connectivity index (χ1v) is 10.6. The molecule has 0 amide bonds. The molecule has 3 heterocycles. The molecule has 1 unspecified atom stereocenters. The van der Waals surface area contributed by atoms with Crippen molar-refractivity contribution < 1.29 is 9.47 Å². The first-order chi connectivity index (χ1) is 13.5. The molecule has 28 heavy (non-hydrogen) atoms. The molecule has 0 bridgehead atoms. The van der Waals surface area contributed by atoms with Crippen molar-refractivity contribution in [3.63, 3.8) is 0 Å². The highest BCUT2D eigenvalue weighted by molar-refractivity contribution is 7.17. The van der Waals surface area contributed by atoms with Gasteiger partial charge in [0.05, 0.1) is 23.9 Å². The third kappa shape index (κ3) is 2.68. The maximum atomic E-state index is 9.48. The summed E-state index contributed by atoms with van der Waals surface area (Å²) in [4.78, 5) is 7.39. The Balaban J connectivity index is 1.62. The van der Waals surface area contributed by atoms with Crippen molar-refractivity contribution in [2.24, 2.45) is 11.3 Å². The van der Waals surface area contributed by atoms with E-state index in [4.69, 9.17) is 14.5 Å². The maximum Gasteiger partial charge on any atom is 0.231 e. The van der Waals surface area contributed by atoms with E-state index in [1.807, 2.05) is 18.2 Å². The van der Waals surface area contributed by atoms with Crippen molar-refractivity contribution in [1.82, 2.24) is 9.38 Å². The van der Waals surface area contributed by atoms with Crippen LogP contribution >= 0.6 is 11.3 Å². The molecule has 1 aliphatic carbocycles. The average molecular weight is 394 g/mol. The molecule has 144 valence electrons. The Hall–Kier alpha value is -2.52. The lowest BCUT2D eigenvalue weighted by molar-refractivity contribution is 0.174. The summed E-state index contributed by atoms with van der Waals surface area (Å²) in [5.74, 6) is 2.19. The number of aromatic nitrogens is 2. The van der Waals surface area contributed by atoms with Gasteiger partial charge in [-0.05, 0) is 48.8 Å². The van der Waals surface area contributed by atoms with E-state index in [-0.39, 0.29) is 6.79 Å². The summed E-state index contributed by atoms with van der Waals surface area (Å²) in [7, 11) is 0. The zero-order chi connectivity index (χ0) is 19.5. The van der Waals surface area contributed by atoms with Crippen LogP contribution in [0.2, 0.25) is 0 Å². The summed E-state index contributed by atoms with van der Waals surface area (Å²) in [5, 5.41) is 9.48. The molecule has 0 N–H and O–H groups in total. The number of nitrogens with zero attached hydrogens (tertiary/aromatic N) is 3. The molecule has 1 aromatic carbocycles. The van der Waals surface area contributed by atoms with E-state index >= 15 is 0 Å². The van der Waals surface area contributed by atoms with Crippen molar-refractivity contribution in [2.75, 3.05) is 6.79 Å². The largest absolute Gasteiger partial charge is 0.454 e. The number of fused-ring (bicyclic) bond motifs is 4. The predicted molar refractivity (Wildman–Crippen MR) is 109 cm³/mol. The minimum Gasteiger partial charge on any atom is -0.454 e. The van der Waals surface area contributed by atoms with Crippen LogP contribution in [0.3, 0.4) is 0 Å². The second-order valence-electron chi connectivity index (χ2n) is 8.71. The summed E-state index contributed by atoms with van der Waals surface area (Å²) >= 11 is 1.79. The van der Waals surface area contributed by atoms with E-state index in [1.54, 1.807) is 11.3 Å². The Kier molecular flexibility index (Phi) is 3.92. The molecule has 5 rings (SSSR count). The third-order valence-corrected chi connectivity index (χ3v) is 7.13. The van der Waals surface area contributed by atoms with E-state index in [9.17, 15) is 5.26 Å². The van der Waals surface area contributed by atoms with Gasteiger partial charge in [0.2, 0.25) is 6.79 Å². The van der Waals surface area contributed by atoms with E-state index in [0.29, 0.717) is 17.8 Å². The van der Waals surface area contributed by atoms with Gasteiger partial charge in [0, 0.05) is 16.1 Å². The molecule has 2 aromatic heterocycles. The van der Waals surface area contributed by atoms with Gasteiger partial charge in [0.25, 0.3) is 0 Å². The fourth-order valence-electron chi connectivity index (χ4n) is 4.37. The molecule has 0 saturated heterocycles. The topological polar surface area (TPSA) is 59.5 Å². The molecule has 3 aromatic rings. The molecule has 5 nitrogen and oxygen atoms in total. The van der Waals surface area contributed by atoms with E-state index in [2.05, 4.69) is 31.2 Å². The van der Waals surface area contributed by atoms with Crippen LogP contribution in [-0.2, 0) is 19.3 Å². The van der Waals surface area contributed by atoms with Crippen LogP contribution in [0.1, 0.15) is 43.5 Å². The molecule has 1 atom stereocenters. The summed E-state index contributed by atoms with van der Waals surface area (Å²) in [6.07, 6.45) is 3.69. The number of rotatable bonds is 2. The quantitative estimate of drug-likeness (QED) is 0.614. The van der Waals surface area contributed by atoms with Crippen LogP contribution in [0.4, 0.5) is 0 Å². The standard InChI is InChI=1S/C22H23N3O2S/c1-22(2,3)14-5-6-15-19(11-14)28-21-24-20(16(8-9-23)25(15)21)13-4-7-17-18(10-13)27-12-26-17/h4,7,10,14H,5-6,8,11-12H2,1-3H3. The normalized spacial score (nSPS) is 18.3. The van der Waals surface area contributed by atoms with Crippen molar-refractivity contribution >= 4 is 16.3 Å². The zero-order valence-electron chi connectivity index (χ0n) is 16.4. The smallest absolute Gasteiger partial charge is 0.231 e. The van der Waals surface area contributed by atoms with Crippen LogP contribution in [-0.4, -0.2) is 16.2 Å². The van der Waals surface area contributed by atoms with Crippen molar-refractivity contribution in [2.45, 2.75) is 46.5 Å². The SMILES string of the molecule is CC(C)(C)C1CCc2c(sc3nc(-c4ccc5c(c4)OCO5)c(CC#N)n23)C1. The van der Waals surface area contributed by atoms with E-state index in [0.717, 1.165) is 46.3 Å². The fraction of sp³-hybridized carbons (Fsp3) is 0.455. The Labute approximate surface area is 168 Å². The Morgan fingerprint density at radius 2 is 2.11 bits per heavy atom. The zero-order valence-corrected chi connectivity index (χ0v) is 17.2. The van der Waals surface area contributed by atoms with Gasteiger partial charge in [-0.2, -0.15) is 5.26 Å². The van der Waals surface area contributed by atoms with Gasteiger partial charge in [-0.1, -0.05) is 20.8 Å². The molecular weight excluding hydrogens is 370 g/mol. The third-order valence-electron chi connectivity index (χ3n) is 6.03. The Morgan fingerprint density at radius 1 is 1.29 bits per heavy atom. The highest BCUT2D eigenvalue weighted by Crippen LogP contribution is 2.43. The van der Waals surface area contributed by atoms with Crippen LogP contribution in [0.5, 0.6) is 11.5 Å². The van der Waals surface area contributed by atoms with Crippen molar-refractivity contribution in [1.29, 1.82) is 5.26 Å². The Bertz CT molecular complexity index is 1110. The molecule has 0 saturated carbocycles. The van der Waals surface area contributed by atoms with Gasteiger partial charge >= 0.3 is 0 Å². The highest BCUT2D eigenvalue weighted by atomic mass is 32.1. The number of ether oxygens (including phenoxy) is 2. The lowest BCUT2D eigenvalue weighted by Gasteiger charge is -2.33. The fourth-order valence-corrected chi connectivity index (χ4v) is 5.64. The van der Waals surface area contributed by atoms with Crippen LogP contribution in [0.25, 0.3) is 16.2 Å². The van der Waals surface area contributed by atoms with Crippen LogP contribution in [0, 0.1) is 22.7 Å². The molecule has 0 spiro atoms. The first-order valence-electron chi connectivity index (χ1n) is 9.74. The maximum absolute atomic E-state index is 9.48. The highest BCUT2D eigenvalue weighted by Gasteiger charge is 2.32. The van der Waals surface area contributed by atoms with Crippen molar-refractivity contribution in [3.05, 3.63) is 34.5 Å². The first kappa shape index (κ1) is 17.6. The molecule has 6 heteroatoms. The molecule has 2 aliphatic rings. The lowest BCUT2D eigenvalue weighted by Crippen LogP contribution is -2.26. The summed E-state index contributed by atoms with van der Waals surface area (Å²) < 4.78 is 13.2. The van der Waals surface area contributed by atoms with Gasteiger partial charge in [-0.15, -0.1) is 11.3 Å². The molecular formula is C22H23N3O2S. The average Bonchev–Trinajstić information content (AvgIpc) is 3.34. The predicted octanol–water partition coefficient (Wildman–Crippen LogP) is 5.01. The number of benzene rings is 1. The minimum atomic E-state index is 0.255. The Morgan fingerprint density at radius 3 is 2.89 bits per heavy atom. The van der Waals surface area contributed by atoms with E-state index < -0.39 is 0 Å². The number of aryl methyl sites for hydroxylation is 1. The number of thiazole rings is 1. The number of hydrogen-bond donors (Lipinski definition) is 0. The van der Waals surface area contributed by atoms with Gasteiger partial charge in [0.15, 0.2) is 16.5 Å². The number of nitriles is 1. The molecule has 0 fully saturated rings. The second-order valence-corrected chi connectivity index (χ2v) is 9.77. The van der Waals surface area contributed by atoms with Crippen LogP contribution in [0.15, 0.2) is 18.2 Å². The summed E-state index contributed by atoms with van der Waals surface area (Å²) in [6.45, 7) is 7.26. The van der Waals surface area contributed by atoms with Gasteiger partial charge in [-0.25, -0.2) is 4.98 Å². The number of imidazole rings is 1. The summed E-state index contributed by atoms with van der Waals surface area (Å²) in [5.41, 5.74) is 4.51. The van der Waals surface area contributed by atoms with E-state index in [1.165, 1.54) is 17.0 Å². The minimum absolute atomic E-state index is 0.255. The molecule has 1 aliphatic heterocycles. The van der Waals surface area contributed by atoms with Gasteiger partial charge in [-0.3, -0.25) is 4.40 Å². The second kappa shape index (κ2) is 6.25. The van der Waals surface area contributed by atoms with Gasteiger partial charge in [0.1, 0.15) is 0 Å². The summed E-state index contributed by atoms with van der Waals surface area (Å²) in [6, 6.07) is 8.24. The monoisotopic (exact) mass is 393 g/mol. The van der Waals surface area contributed by atoms with Gasteiger partial charge < -0.3 is 9.47 Å². The van der Waals surface area contributed by atoms with Crippen molar-refractivity contribution in [3.8, 4) is 28.8 Å². The number of hydrogen-bond acceptors (Lipinski definition) is 5.